The number of hydrogen-bond acceptors (Lipinski definition) is 6. The fourth-order valence-corrected chi connectivity index (χ4v) is 3.42. The summed E-state index contributed by atoms with van der Waals surface area (Å²) in [5, 5.41) is 17.3. The first-order chi connectivity index (χ1) is 16.5. The van der Waals surface area contributed by atoms with E-state index >= 15 is 0 Å². The molecule has 35 heavy (non-hydrogen) atoms. The second-order valence-electron chi connectivity index (χ2n) is 7.92. The van der Waals surface area contributed by atoms with Crippen molar-refractivity contribution >= 4 is 11.6 Å². The van der Waals surface area contributed by atoms with Crippen molar-refractivity contribution in [3.05, 3.63) is 70.7 Å². The highest BCUT2D eigenvalue weighted by Crippen LogP contribution is 2.34. The zero-order chi connectivity index (χ0) is 25.4. The predicted octanol–water partition coefficient (Wildman–Crippen LogP) is 5.22. The van der Waals surface area contributed by atoms with Crippen molar-refractivity contribution < 1.29 is 31.6 Å². The van der Waals surface area contributed by atoms with Gasteiger partial charge in [0, 0.05) is 11.6 Å². The van der Waals surface area contributed by atoms with Crippen molar-refractivity contribution in [1.82, 2.24) is 24.9 Å². The van der Waals surface area contributed by atoms with Gasteiger partial charge in [0.05, 0.1) is 17.9 Å². The number of aliphatic hydroxyl groups is 1. The van der Waals surface area contributed by atoms with E-state index < -0.39 is 47.1 Å². The fourth-order valence-electron chi connectivity index (χ4n) is 3.23. The third-order valence-electron chi connectivity index (χ3n) is 5.33. The Bertz CT molecular complexity index is 1340. The van der Waals surface area contributed by atoms with Gasteiger partial charge in [-0.2, -0.15) is 18.3 Å². The minimum Gasteiger partial charge on any atom is -0.381 e. The number of alkyl halides is 3. The molecule has 0 bridgehead atoms. The van der Waals surface area contributed by atoms with E-state index in [1.807, 2.05) is 0 Å². The standard InChI is InChI=1S/C22H17ClF5N5O2/c1-21(34,22(26,27)28)8-6-15-18(25)19(23)30-20(29-15)16-10-17(14-7-9-35-32-14)33(31-16)11-12-4-2-3-5-13(12)24/h2-5,7,9-10,34H,6,8,11H2,1H3. The second kappa shape index (κ2) is 9.34. The van der Waals surface area contributed by atoms with E-state index in [9.17, 15) is 27.1 Å². The van der Waals surface area contributed by atoms with Gasteiger partial charge < -0.3 is 9.63 Å². The van der Waals surface area contributed by atoms with Gasteiger partial charge in [-0.05, 0) is 31.9 Å². The molecule has 1 N–H and O–H groups in total. The monoisotopic (exact) mass is 513 g/mol. The van der Waals surface area contributed by atoms with Crippen LogP contribution in [0.15, 0.2) is 47.2 Å². The van der Waals surface area contributed by atoms with E-state index in [1.54, 1.807) is 18.2 Å². The summed E-state index contributed by atoms with van der Waals surface area (Å²) in [4.78, 5) is 7.86. The van der Waals surface area contributed by atoms with Crippen molar-refractivity contribution in [2.45, 2.75) is 38.1 Å². The van der Waals surface area contributed by atoms with Gasteiger partial charge in [0.1, 0.15) is 23.5 Å². The highest BCUT2D eigenvalue weighted by molar-refractivity contribution is 6.29. The molecule has 3 aromatic heterocycles. The Morgan fingerprint density at radius 3 is 2.49 bits per heavy atom. The van der Waals surface area contributed by atoms with Crippen molar-refractivity contribution in [1.29, 1.82) is 0 Å². The molecule has 1 atom stereocenters. The summed E-state index contributed by atoms with van der Waals surface area (Å²) in [5.41, 5.74) is -2.32. The molecule has 7 nitrogen and oxygen atoms in total. The molecule has 0 aliphatic carbocycles. The average molecular weight is 514 g/mol. The first-order valence-corrected chi connectivity index (χ1v) is 10.6. The van der Waals surface area contributed by atoms with E-state index in [0.29, 0.717) is 23.9 Å². The SMILES string of the molecule is CC(O)(CCc1nc(-c2cc(-c3ccon3)n(Cc3ccccc3F)n2)nc(Cl)c1F)C(F)(F)F. The van der Waals surface area contributed by atoms with Crippen LogP contribution in [0, 0.1) is 11.6 Å². The Kier molecular flexibility index (Phi) is 6.60. The van der Waals surface area contributed by atoms with Gasteiger partial charge >= 0.3 is 6.18 Å². The summed E-state index contributed by atoms with van der Waals surface area (Å²) >= 11 is 5.88. The Balaban J connectivity index is 1.72. The number of benzene rings is 1. The van der Waals surface area contributed by atoms with Crippen LogP contribution in [-0.2, 0) is 13.0 Å². The summed E-state index contributed by atoms with van der Waals surface area (Å²) in [6.07, 6.45) is -5.02. The molecule has 0 spiro atoms. The lowest BCUT2D eigenvalue weighted by Gasteiger charge is -2.26. The van der Waals surface area contributed by atoms with Crippen LogP contribution in [0.5, 0.6) is 0 Å². The third-order valence-corrected chi connectivity index (χ3v) is 5.58. The van der Waals surface area contributed by atoms with Crippen LogP contribution in [0.1, 0.15) is 24.6 Å². The van der Waals surface area contributed by atoms with Gasteiger partial charge in [-0.15, -0.1) is 0 Å². The molecule has 0 saturated carbocycles. The molecule has 4 aromatic rings. The lowest BCUT2D eigenvalue weighted by molar-refractivity contribution is -0.254. The van der Waals surface area contributed by atoms with Gasteiger partial charge in [-0.25, -0.2) is 18.7 Å². The first-order valence-electron chi connectivity index (χ1n) is 10.2. The van der Waals surface area contributed by atoms with E-state index in [0.717, 1.165) is 0 Å². The summed E-state index contributed by atoms with van der Waals surface area (Å²) in [5.74, 6) is -1.73. The van der Waals surface area contributed by atoms with Gasteiger partial charge in [0.2, 0.25) is 0 Å². The van der Waals surface area contributed by atoms with E-state index in [2.05, 4.69) is 20.2 Å². The summed E-state index contributed by atoms with van der Waals surface area (Å²) in [6.45, 7) is 0.578. The first kappa shape index (κ1) is 24.7. The van der Waals surface area contributed by atoms with Gasteiger partial charge in [-0.3, -0.25) is 4.68 Å². The maximum Gasteiger partial charge on any atom is 0.416 e. The summed E-state index contributed by atoms with van der Waals surface area (Å²) in [6, 6.07) is 9.08. The summed E-state index contributed by atoms with van der Waals surface area (Å²) < 4.78 is 74.0. The van der Waals surface area contributed by atoms with Crippen LogP contribution in [0.3, 0.4) is 0 Å². The van der Waals surface area contributed by atoms with Gasteiger partial charge in [0.25, 0.3) is 0 Å². The van der Waals surface area contributed by atoms with E-state index in [4.69, 9.17) is 16.1 Å². The predicted molar refractivity (Wildman–Crippen MR) is 114 cm³/mol. The number of hydrogen-bond donors (Lipinski definition) is 1. The molecule has 1 unspecified atom stereocenters. The Hall–Kier alpha value is -3.38. The third kappa shape index (κ3) is 5.17. The lowest BCUT2D eigenvalue weighted by Crippen LogP contribution is -2.42. The fraction of sp³-hybridized carbons (Fsp3) is 0.273. The smallest absolute Gasteiger partial charge is 0.381 e. The Morgan fingerprint density at radius 1 is 1.09 bits per heavy atom. The normalized spacial score (nSPS) is 13.7. The zero-order valence-electron chi connectivity index (χ0n) is 18.0. The quantitative estimate of drug-likeness (QED) is 0.269. The van der Waals surface area contributed by atoms with Gasteiger partial charge in [0.15, 0.2) is 22.4 Å². The number of aromatic nitrogens is 5. The number of nitrogens with zero attached hydrogens (tertiary/aromatic N) is 5. The van der Waals surface area contributed by atoms with Crippen LogP contribution in [0.2, 0.25) is 5.15 Å². The number of aryl methyl sites for hydroxylation is 1. The van der Waals surface area contributed by atoms with Gasteiger partial charge in [-0.1, -0.05) is 35.0 Å². The zero-order valence-corrected chi connectivity index (χ0v) is 18.8. The second-order valence-corrected chi connectivity index (χ2v) is 8.28. The van der Waals surface area contributed by atoms with Crippen LogP contribution in [0.4, 0.5) is 22.0 Å². The molecule has 0 radical (unpaired) electrons. The number of rotatable bonds is 7. The molecular formula is C22H17ClF5N5O2. The maximum atomic E-state index is 14.5. The van der Waals surface area contributed by atoms with Crippen molar-refractivity contribution in [2.75, 3.05) is 0 Å². The minimum atomic E-state index is -4.92. The molecule has 13 heteroatoms. The van der Waals surface area contributed by atoms with Crippen molar-refractivity contribution in [2.24, 2.45) is 0 Å². The highest BCUT2D eigenvalue weighted by atomic mass is 35.5. The molecule has 0 fully saturated rings. The molecule has 3 heterocycles. The molecular weight excluding hydrogens is 497 g/mol. The number of halogens is 6. The van der Waals surface area contributed by atoms with Crippen LogP contribution in [0.25, 0.3) is 22.9 Å². The molecule has 0 aliphatic rings. The largest absolute Gasteiger partial charge is 0.416 e. The average Bonchev–Trinajstić information content (AvgIpc) is 3.45. The van der Waals surface area contributed by atoms with Crippen LogP contribution >= 0.6 is 11.6 Å². The van der Waals surface area contributed by atoms with Crippen molar-refractivity contribution in [3.8, 4) is 22.9 Å². The van der Waals surface area contributed by atoms with Crippen molar-refractivity contribution in [3.63, 3.8) is 0 Å². The molecule has 184 valence electrons. The Morgan fingerprint density at radius 2 is 1.83 bits per heavy atom. The molecule has 1 aromatic carbocycles. The van der Waals surface area contributed by atoms with Crippen LogP contribution < -0.4 is 0 Å². The maximum absolute atomic E-state index is 14.5. The Labute approximate surface area is 200 Å². The molecule has 0 amide bonds. The minimum absolute atomic E-state index is 0.00883. The van der Waals surface area contributed by atoms with E-state index in [1.165, 1.54) is 29.1 Å². The molecule has 4 rings (SSSR count). The molecule has 0 aliphatic heterocycles. The van der Waals surface area contributed by atoms with E-state index in [-0.39, 0.29) is 18.1 Å². The lowest BCUT2D eigenvalue weighted by atomic mass is 9.98. The van der Waals surface area contributed by atoms with Crippen LogP contribution in [-0.4, -0.2) is 41.8 Å². The molecule has 0 saturated heterocycles. The summed E-state index contributed by atoms with van der Waals surface area (Å²) in [7, 11) is 0. The highest BCUT2D eigenvalue weighted by Gasteiger charge is 2.49. The topological polar surface area (TPSA) is 89.9 Å².